The van der Waals surface area contributed by atoms with Crippen molar-refractivity contribution in [3.63, 3.8) is 0 Å². The SMILES string of the molecule is NS(=O)(=O)c1ccccc1Nc1cc2nc[nH]c(=O)c2c(Nc2ccc(N3CCOCC3)nc2)n1. The number of morpholine rings is 1. The number of hydrogen-bond acceptors (Lipinski definition) is 10. The number of nitrogens with one attached hydrogen (secondary N) is 3. The van der Waals surface area contributed by atoms with Crippen molar-refractivity contribution in [2.24, 2.45) is 5.14 Å². The zero-order valence-corrected chi connectivity index (χ0v) is 19.2. The first-order chi connectivity index (χ1) is 16.9. The third kappa shape index (κ3) is 4.91. The Morgan fingerprint density at radius 1 is 1.06 bits per heavy atom. The molecule has 0 atom stereocenters. The molecule has 4 heterocycles. The summed E-state index contributed by atoms with van der Waals surface area (Å²) in [5.74, 6) is 1.33. The van der Waals surface area contributed by atoms with E-state index in [0.29, 0.717) is 24.4 Å². The van der Waals surface area contributed by atoms with Gasteiger partial charge >= 0.3 is 0 Å². The minimum absolute atomic E-state index is 0.0850. The summed E-state index contributed by atoms with van der Waals surface area (Å²) in [6.45, 7) is 2.84. The summed E-state index contributed by atoms with van der Waals surface area (Å²) in [5.41, 5.74) is 0.842. The van der Waals surface area contributed by atoms with Crippen LogP contribution in [-0.4, -0.2) is 54.7 Å². The average molecular weight is 495 g/mol. The smallest absolute Gasteiger partial charge is 0.262 e. The zero-order chi connectivity index (χ0) is 24.4. The first kappa shape index (κ1) is 22.7. The molecule has 13 heteroatoms. The molecule has 1 aliphatic rings. The quantitative estimate of drug-likeness (QED) is 0.309. The molecule has 0 radical (unpaired) electrons. The van der Waals surface area contributed by atoms with Gasteiger partial charge in [-0.1, -0.05) is 12.1 Å². The molecule has 1 aromatic carbocycles. The number of sulfonamides is 1. The number of H-pyrrole nitrogens is 1. The van der Waals surface area contributed by atoms with Gasteiger partial charge < -0.3 is 25.3 Å². The van der Waals surface area contributed by atoms with Gasteiger partial charge in [-0.25, -0.2) is 28.5 Å². The Kier molecular flexibility index (Phi) is 6.03. The number of ether oxygens (including phenoxy) is 1. The molecule has 0 bridgehead atoms. The molecule has 5 N–H and O–H groups in total. The second-order valence-electron chi connectivity index (χ2n) is 7.78. The van der Waals surface area contributed by atoms with Crippen molar-refractivity contribution in [1.29, 1.82) is 0 Å². The van der Waals surface area contributed by atoms with Crippen molar-refractivity contribution in [1.82, 2.24) is 19.9 Å². The molecule has 12 nitrogen and oxygen atoms in total. The van der Waals surface area contributed by atoms with E-state index in [1.807, 2.05) is 12.1 Å². The van der Waals surface area contributed by atoms with Gasteiger partial charge in [0, 0.05) is 19.2 Å². The van der Waals surface area contributed by atoms with Crippen LogP contribution < -0.4 is 26.2 Å². The number of para-hydroxylation sites is 1. The highest BCUT2D eigenvalue weighted by molar-refractivity contribution is 7.89. The van der Waals surface area contributed by atoms with Crippen LogP contribution >= 0.6 is 0 Å². The normalized spacial score (nSPS) is 14.1. The maximum Gasteiger partial charge on any atom is 0.262 e. The van der Waals surface area contributed by atoms with Crippen LogP contribution in [-0.2, 0) is 14.8 Å². The largest absolute Gasteiger partial charge is 0.378 e. The Labute approximate surface area is 200 Å². The number of nitrogens with two attached hydrogens (primary N) is 1. The number of aromatic amines is 1. The van der Waals surface area contributed by atoms with Gasteiger partial charge in [-0.3, -0.25) is 4.79 Å². The molecule has 1 aliphatic heterocycles. The predicted octanol–water partition coefficient (Wildman–Crippen LogP) is 1.68. The third-order valence-corrected chi connectivity index (χ3v) is 6.40. The van der Waals surface area contributed by atoms with Gasteiger partial charge in [-0.2, -0.15) is 0 Å². The van der Waals surface area contributed by atoms with Crippen molar-refractivity contribution in [2.45, 2.75) is 4.90 Å². The van der Waals surface area contributed by atoms with E-state index < -0.39 is 10.0 Å². The molecule has 1 saturated heterocycles. The average Bonchev–Trinajstić information content (AvgIpc) is 2.85. The minimum atomic E-state index is -3.97. The van der Waals surface area contributed by atoms with Crippen LogP contribution in [0.1, 0.15) is 0 Å². The fourth-order valence-corrected chi connectivity index (χ4v) is 4.47. The highest BCUT2D eigenvalue weighted by Crippen LogP contribution is 2.28. The van der Waals surface area contributed by atoms with Crippen molar-refractivity contribution in [3.8, 4) is 0 Å². The first-order valence-electron chi connectivity index (χ1n) is 10.7. The summed E-state index contributed by atoms with van der Waals surface area (Å²) >= 11 is 0. The van der Waals surface area contributed by atoms with Gasteiger partial charge in [0.2, 0.25) is 10.0 Å². The molecule has 5 rings (SSSR count). The van der Waals surface area contributed by atoms with E-state index in [1.165, 1.54) is 12.4 Å². The van der Waals surface area contributed by atoms with Crippen molar-refractivity contribution in [2.75, 3.05) is 41.8 Å². The lowest BCUT2D eigenvalue weighted by Gasteiger charge is -2.27. The van der Waals surface area contributed by atoms with Crippen LogP contribution in [0.2, 0.25) is 0 Å². The number of aromatic nitrogens is 4. The summed E-state index contributed by atoms with van der Waals surface area (Å²) in [5, 5.41) is 11.7. The summed E-state index contributed by atoms with van der Waals surface area (Å²) in [6, 6.07) is 11.5. The van der Waals surface area contributed by atoms with E-state index in [-0.39, 0.29) is 33.2 Å². The number of benzene rings is 1. The fourth-order valence-electron chi connectivity index (χ4n) is 3.78. The molecular weight excluding hydrogens is 472 g/mol. The summed E-state index contributed by atoms with van der Waals surface area (Å²) in [4.78, 5) is 30.4. The summed E-state index contributed by atoms with van der Waals surface area (Å²) in [6.07, 6.45) is 2.94. The van der Waals surface area contributed by atoms with E-state index in [2.05, 4.69) is 35.5 Å². The number of nitrogens with zero attached hydrogens (tertiary/aromatic N) is 4. The van der Waals surface area contributed by atoms with E-state index in [4.69, 9.17) is 9.88 Å². The number of rotatable bonds is 6. The molecular formula is C22H22N8O4S. The summed E-state index contributed by atoms with van der Waals surface area (Å²) in [7, 11) is -3.97. The van der Waals surface area contributed by atoms with Crippen LogP contribution in [0.15, 0.2) is 64.7 Å². The Morgan fingerprint density at radius 2 is 1.86 bits per heavy atom. The first-order valence-corrected chi connectivity index (χ1v) is 12.3. The van der Waals surface area contributed by atoms with Gasteiger partial charge in [0.25, 0.3) is 5.56 Å². The Balaban J connectivity index is 1.50. The number of fused-ring (bicyclic) bond motifs is 1. The third-order valence-electron chi connectivity index (χ3n) is 5.43. The summed E-state index contributed by atoms with van der Waals surface area (Å²) < 4.78 is 29.3. The Bertz CT molecular complexity index is 1530. The van der Waals surface area contributed by atoms with Crippen molar-refractivity contribution >= 4 is 49.8 Å². The topological polar surface area (TPSA) is 168 Å². The predicted molar refractivity (Wildman–Crippen MR) is 132 cm³/mol. The number of pyridine rings is 2. The van der Waals surface area contributed by atoms with Crippen LogP contribution in [0.4, 0.5) is 28.8 Å². The highest BCUT2D eigenvalue weighted by Gasteiger charge is 2.17. The van der Waals surface area contributed by atoms with E-state index in [0.717, 1.165) is 18.9 Å². The van der Waals surface area contributed by atoms with Gasteiger partial charge in [-0.15, -0.1) is 0 Å². The Morgan fingerprint density at radius 3 is 2.60 bits per heavy atom. The van der Waals surface area contributed by atoms with E-state index in [1.54, 1.807) is 30.5 Å². The van der Waals surface area contributed by atoms with E-state index >= 15 is 0 Å². The lowest BCUT2D eigenvalue weighted by Crippen LogP contribution is -2.36. The molecule has 0 spiro atoms. The highest BCUT2D eigenvalue weighted by atomic mass is 32.2. The van der Waals surface area contributed by atoms with Crippen LogP contribution in [0.3, 0.4) is 0 Å². The second-order valence-corrected chi connectivity index (χ2v) is 9.31. The minimum Gasteiger partial charge on any atom is -0.378 e. The molecule has 3 aromatic heterocycles. The lowest BCUT2D eigenvalue weighted by molar-refractivity contribution is 0.122. The molecule has 1 fully saturated rings. The number of hydrogen-bond donors (Lipinski definition) is 4. The molecule has 0 aliphatic carbocycles. The molecule has 4 aromatic rings. The van der Waals surface area contributed by atoms with Gasteiger partial charge in [-0.05, 0) is 24.3 Å². The standard InChI is InChI=1S/C22H22N8O4S/c23-35(32,33)17-4-2-1-3-15(17)28-18-11-16-20(22(31)26-13-25-16)21(29-18)27-14-5-6-19(24-12-14)30-7-9-34-10-8-30/h1-6,11-13H,7-10H2,(H2,23,32,33)(H,25,26,31)(H2,27,28,29). The Hall–Kier alpha value is -4.07. The van der Waals surface area contributed by atoms with Crippen molar-refractivity contribution in [3.05, 3.63) is 65.3 Å². The molecule has 35 heavy (non-hydrogen) atoms. The lowest BCUT2D eigenvalue weighted by atomic mass is 10.2. The number of anilines is 5. The zero-order valence-electron chi connectivity index (χ0n) is 18.4. The molecule has 0 amide bonds. The maximum atomic E-state index is 12.6. The second kappa shape index (κ2) is 9.29. The van der Waals surface area contributed by atoms with Crippen molar-refractivity contribution < 1.29 is 13.2 Å². The molecule has 0 unspecified atom stereocenters. The molecule has 0 saturated carbocycles. The van der Waals surface area contributed by atoms with Crippen LogP contribution in [0, 0.1) is 0 Å². The van der Waals surface area contributed by atoms with Gasteiger partial charge in [0.15, 0.2) is 0 Å². The monoisotopic (exact) mass is 494 g/mol. The van der Waals surface area contributed by atoms with Crippen LogP contribution in [0.5, 0.6) is 0 Å². The molecule has 180 valence electrons. The maximum absolute atomic E-state index is 12.6. The van der Waals surface area contributed by atoms with Gasteiger partial charge in [0.05, 0.1) is 42.6 Å². The van der Waals surface area contributed by atoms with E-state index in [9.17, 15) is 13.2 Å². The van der Waals surface area contributed by atoms with Crippen LogP contribution in [0.25, 0.3) is 10.9 Å². The number of primary sulfonamides is 1. The van der Waals surface area contributed by atoms with Gasteiger partial charge in [0.1, 0.15) is 27.7 Å². The fraction of sp³-hybridized carbons (Fsp3) is 0.182.